The maximum Gasteiger partial charge on any atom is 0.0596 e. The summed E-state index contributed by atoms with van der Waals surface area (Å²) in [6.07, 6.45) is 10.9. The molecule has 3 heteroatoms. The van der Waals surface area contributed by atoms with Gasteiger partial charge >= 0.3 is 0 Å². The van der Waals surface area contributed by atoms with Gasteiger partial charge in [0, 0.05) is 12.2 Å². The second-order valence-corrected chi connectivity index (χ2v) is 5.88. The highest BCUT2D eigenvalue weighted by molar-refractivity contribution is 5.06. The largest absolute Gasteiger partial charge is 0.317 e. The van der Waals surface area contributed by atoms with Crippen molar-refractivity contribution in [1.82, 2.24) is 15.1 Å². The first-order chi connectivity index (χ1) is 9.74. The summed E-state index contributed by atoms with van der Waals surface area (Å²) < 4.78 is 2.12. The van der Waals surface area contributed by atoms with Crippen LogP contribution in [0.3, 0.4) is 0 Å². The smallest absolute Gasteiger partial charge is 0.0596 e. The molecule has 0 radical (unpaired) electrons. The number of rotatable bonds is 12. The molecule has 0 unspecified atom stereocenters. The second kappa shape index (κ2) is 10.9. The van der Waals surface area contributed by atoms with E-state index in [9.17, 15) is 0 Å². The fraction of sp³-hybridized carbons (Fsp3) is 0.824. The van der Waals surface area contributed by atoms with Gasteiger partial charge < -0.3 is 5.32 Å². The minimum absolute atomic E-state index is 1.03. The molecule has 0 atom stereocenters. The van der Waals surface area contributed by atoms with E-state index in [-0.39, 0.29) is 0 Å². The van der Waals surface area contributed by atoms with Crippen molar-refractivity contribution in [2.24, 2.45) is 0 Å². The molecule has 1 heterocycles. The standard InChI is InChI=1S/C17H33N3/c1-4-5-6-7-8-9-10-12-18-13-11-14-20-17(3)15-16(2)19-20/h15,18H,4-14H2,1-3H3. The van der Waals surface area contributed by atoms with E-state index in [1.807, 2.05) is 0 Å². The highest BCUT2D eigenvalue weighted by atomic mass is 15.3. The Morgan fingerprint density at radius 1 is 0.950 bits per heavy atom. The van der Waals surface area contributed by atoms with Crippen molar-refractivity contribution >= 4 is 0 Å². The predicted octanol–water partition coefficient (Wildman–Crippen LogP) is 4.23. The maximum atomic E-state index is 4.48. The zero-order valence-electron chi connectivity index (χ0n) is 13.7. The van der Waals surface area contributed by atoms with Crippen LogP contribution in [0.2, 0.25) is 0 Å². The molecule has 0 amide bonds. The van der Waals surface area contributed by atoms with Crippen molar-refractivity contribution in [3.63, 3.8) is 0 Å². The number of hydrogen-bond donors (Lipinski definition) is 1. The lowest BCUT2D eigenvalue weighted by Crippen LogP contribution is -2.18. The van der Waals surface area contributed by atoms with Gasteiger partial charge in [0.15, 0.2) is 0 Å². The normalized spacial score (nSPS) is 11.2. The average Bonchev–Trinajstić information content (AvgIpc) is 2.74. The van der Waals surface area contributed by atoms with Gasteiger partial charge in [-0.25, -0.2) is 0 Å². The van der Waals surface area contributed by atoms with E-state index >= 15 is 0 Å². The molecule has 3 nitrogen and oxygen atoms in total. The molecule has 0 fully saturated rings. The maximum absolute atomic E-state index is 4.48. The van der Waals surface area contributed by atoms with Crippen LogP contribution in [0.25, 0.3) is 0 Å². The zero-order valence-corrected chi connectivity index (χ0v) is 13.7. The van der Waals surface area contributed by atoms with Crippen LogP contribution < -0.4 is 5.32 Å². The third-order valence-electron chi connectivity index (χ3n) is 3.78. The number of nitrogens with one attached hydrogen (secondary N) is 1. The lowest BCUT2D eigenvalue weighted by atomic mass is 10.1. The highest BCUT2D eigenvalue weighted by Gasteiger charge is 1.99. The summed E-state index contributed by atoms with van der Waals surface area (Å²) in [5, 5.41) is 8.02. The van der Waals surface area contributed by atoms with Crippen LogP contribution >= 0.6 is 0 Å². The molecule has 1 aromatic rings. The quantitative estimate of drug-likeness (QED) is 0.580. The van der Waals surface area contributed by atoms with Crippen LogP contribution in [0, 0.1) is 13.8 Å². The van der Waals surface area contributed by atoms with Crippen molar-refractivity contribution in [2.75, 3.05) is 13.1 Å². The van der Waals surface area contributed by atoms with Gasteiger partial charge in [-0.2, -0.15) is 5.10 Å². The Kier molecular flexibility index (Phi) is 9.38. The first kappa shape index (κ1) is 17.2. The molecule has 1 rings (SSSR count). The molecule has 0 aliphatic heterocycles. The lowest BCUT2D eigenvalue weighted by molar-refractivity contribution is 0.516. The fourth-order valence-corrected chi connectivity index (χ4v) is 2.59. The summed E-state index contributed by atoms with van der Waals surface area (Å²) in [5.74, 6) is 0. The van der Waals surface area contributed by atoms with Crippen LogP contribution in [0.15, 0.2) is 6.07 Å². The molecular formula is C17H33N3. The van der Waals surface area contributed by atoms with Crippen molar-refractivity contribution in [3.05, 3.63) is 17.5 Å². The van der Waals surface area contributed by atoms with Gasteiger partial charge in [-0.1, -0.05) is 45.4 Å². The van der Waals surface area contributed by atoms with Gasteiger partial charge in [-0.05, 0) is 45.8 Å². The van der Waals surface area contributed by atoms with E-state index in [0.717, 1.165) is 18.8 Å². The van der Waals surface area contributed by atoms with Crippen molar-refractivity contribution in [1.29, 1.82) is 0 Å². The fourth-order valence-electron chi connectivity index (χ4n) is 2.59. The molecule has 0 aromatic carbocycles. The average molecular weight is 279 g/mol. The van der Waals surface area contributed by atoms with Gasteiger partial charge in [0.2, 0.25) is 0 Å². The first-order valence-electron chi connectivity index (χ1n) is 8.46. The minimum Gasteiger partial charge on any atom is -0.317 e. The zero-order chi connectivity index (χ0) is 14.6. The van der Waals surface area contributed by atoms with Crippen LogP contribution in [0.5, 0.6) is 0 Å². The molecule has 116 valence electrons. The minimum atomic E-state index is 1.03. The Bertz CT molecular complexity index is 344. The van der Waals surface area contributed by atoms with Gasteiger partial charge in [-0.15, -0.1) is 0 Å². The summed E-state index contributed by atoms with van der Waals surface area (Å²) in [7, 11) is 0. The number of aromatic nitrogens is 2. The highest BCUT2D eigenvalue weighted by Crippen LogP contribution is 2.06. The van der Waals surface area contributed by atoms with E-state index in [0.29, 0.717) is 0 Å². The lowest BCUT2D eigenvalue weighted by Gasteiger charge is -2.06. The molecule has 0 aliphatic carbocycles. The molecule has 20 heavy (non-hydrogen) atoms. The van der Waals surface area contributed by atoms with E-state index in [1.165, 1.54) is 63.6 Å². The first-order valence-corrected chi connectivity index (χ1v) is 8.46. The Balaban J connectivity index is 1.86. The van der Waals surface area contributed by atoms with E-state index in [1.54, 1.807) is 0 Å². The molecule has 0 aliphatic rings. The van der Waals surface area contributed by atoms with Crippen molar-refractivity contribution < 1.29 is 0 Å². The summed E-state index contributed by atoms with van der Waals surface area (Å²) >= 11 is 0. The summed E-state index contributed by atoms with van der Waals surface area (Å²) in [5.41, 5.74) is 2.40. The summed E-state index contributed by atoms with van der Waals surface area (Å²) in [4.78, 5) is 0. The van der Waals surface area contributed by atoms with E-state index in [4.69, 9.17) is 0 Å². The Morgan fingerprint density at radius 3 is 2.25 bits per heavy atom. The van der Waals surface area contributed by atoms with Gasteiger partial charge in [0.25, 0.3) is 0 Å². The van der Waals surface area contributed by atoms with Crippen molar-refractivity contribution in [2.45, 2.75) is 78.7 Å². The Hall–Kier alpha value is -0.830. The monoisotopic (exact) mass is 279 g/mol. The van der Waals surface area contributed by atoms with Gasteiger partial charge in [-0.3, -0.25) is 4.68 Å². The van der Waals surface area contributed by atoms with Crippen LogP contribution in [-0.2, 0) is 6.54 Å². The molecule has 1 N–H and O–H groups in total. The molecular weight excluding hydrogens is 246 g/mol. The number of nitrogens with zero attached hydrogens (tertiary/aromatic N) is 2. The van der Waals surface area contributed by atoms with Gasteiger partial charge in [0.1, 0.15) is 0 Å². The number of unbranched alkanes of at least 4 members (excludes halogenated alkanes) is 6. The summed E-state index contributed by atoms with van der Waals surface area (Å²) in [6.45, 7) is 9.77. The van der Waals surface area contributed by atoms with Crippen LogP contribution in [0.4, 0.5) is 0 Å². The number of hydrogen-bond acceptors (Lipinski definition) is 2. The SMILES string of the molecule is CCCCCCCCCNCCCn1nc(C)cc1C. The van der Waals surface area contributed by atoms with Crippen molar-refractivity contribution in [3.8, 4) is 0 Å². The van der Waals surface area contributed by atoms with E-state index < -0.39 is 0 Å². The third kappa shape index (κ3) is 7.68. The molecule has 0 saturated heterocycles. The Morgan fingerprint density at radius 2 is 1.60 bits per heavy atom. The molecule has 1 aromatic heterocycles. The topological polar surface area (TPSA) is 29.9 Å². The Labute approximate surface area is 125 Å². The van der Waals surface area contributed by atoms with E-state index in [2.05, 4.69) is 41.9 Å². The molecule has 0 bridgehead atoms. The number of aryl methyl sites for hydroxylation is 3. The second-order valence-electron chi connectivity index (χ2n) is 5.88. The van der Waals surface area contributed by atoms with Crippen LogP contribution in [-0.4, -0.2) is 22.9 Å². The summed E-state index contributed by atoms with van der Waals surface area (Å²) in [6, 6.07) is 2.14. The van der Waals surface area contributed by atoms with Gasteiger partial charge in [0.05, 0.1) is 5.69 Å². The molecule has 0 spiro atoms. The molecule has 0 saturated carbocycles. The predicted molar refractivity (Wildman–Crippen MR) is 87.2 cm³/mol. The van der Waals surface area contributed by atoms with Crippen LogP contribution in [0.1, 0.15) is 69.7 Å². The third-order valence-corrected chi connectivity index (χ3v) is 3.78.